The van der Waals surface area contributed by atoms with Crippen LogP contribution in [-0.2, 0) is 19.5 Å². The van der Waals surface area contributed by atoms with Crippen LogP contribution >= 0.6 is 0 Å². The van der Waals surface area contributed by atoms with Gasteiger partial charge in [-0.05, 0) is 24.3 Å². The van der Waals surface area contributed by atoms with Crippen molar-refractivity contribution in [1.29, 1.82) is 0 Å². The van der Waals surface area contributed by atoms with Crippen molar-refractivity contribution in [1.82, 2.24) is 19.7 Å². The van der Waals surface area contributed by atoms with E-state index >= 15 is 0 Å². The zero-order chi connectivity index (χ0) is 17.9. The zero-order valence-corrected chi connectivity index (χ0v) is 14.6. The molecule has 1 aliphatic rings. The number of hydrogen-bond donors (Lipinski definition) is 0. The van der Waals surface area contributed by atoms with E-state index in [0.29, 0.717) is 30.2 Å². The minimum atomic E-state index is -0.0520. The van der Waals surface area contributed by atoms with Gasteiger partial charge >= 0.3 is 0 Å². The molecule has 0 N–H and O–H groups in total. The zero-order valence-electron chi connectivity index (χ0n) is 14.6. The van der Waals surface area contributed by atoms with Crippen molar-refractivity contribution in [3.8, 4) is 11.5 Å². The topological polar surface area (TPSA) is 60.2 Å². The minimum Gasteiger partial charge on any atom is -0.457 e. The number of carbonyl (C=O) groups is 1. The smallest absolute Gasteiger partial charge is 0.258 e. The van der Waals surface area contributed by atoms with Gasteiger partial charge in [0.25, 0.3) is 5.91 Å². The molecule has 6 heteroatoms. The third-order valence-corrected chi connectivity index (χ3v) is 4.52. The molecule has 0 radical (unpaired) electrons. The highest BCUT2D eigenvalue weighted by atomic mass is 16.5. The molecule has 3 aromatic rings. The molecule has 0 saturated heterocycles. The number of nitrogens with zero attached hydrogens (tertiary/aromatic N) is 4. The Balaban J connectivity index is 1.57. The number of rotatable bonds is 4. The molecule has 0 saturated carbocycles. The number of aromatic nitrogens is 3. The van der Waals surface area contributed by atoms with Crippen molar-refractivity contribution in [2.45, 2.75) is 26.4 Å². The number of aryl methyl sites for hydroxylation is 1. The average Bonchev–Trinajstić information content (AvgIpc) is 3.11. The Morgan fingerprint density at radius 3 is 2.62 bits per heavy atom. The number of benzene rings is 2. The van der Waals surface area contributed by atoms with Crippen LogP contribution in [0, 0.1) is 0 Å². The lowest BCUT2D eigenvalue weighted by atomic mass is 10.1. The predicted octanol–water partition coefficient (Wildman–Crippen LogP) is 3.29. The van der Waals surface area contributed by atoms with E-state index in [0.717, 1.165) is 24.6 Å². The minimum absolute atomic E-state index is 0.0520. The van der Waals surface area contributed by atoms with Crippen molar-refractivity contribution >= 4 is 5.91 Å². The summed E-state index contributed by atoms with van der Waals surface area (Å²) in [4.78, 5) is 14.9. The summed E-state index contributed by atoms with van der Waals surface area (Å²) < 4.78 is 8.04. The molecule has 26 heavy (non-hydrogen) atoms. The average molecular weight is 348 g/mol. The summed E-state index contributed by atoms with van der Waals surface area (Å²) in [7, 11) is 0. The highest BCUT2D eigenvalue weighted by Gasteiger charge is 2.26. The van der Waals surface area contributed by atoms with Gasteiger partial charge in [0.15, 0.2) is 5.82 Å². The van der Waals surface area contributed by atoms with Crippen LogP contribution < -0.4 is 4.74 Å². The van der Waals surface area contributed by atoms with Gasteiger partial charge in [-0.25, -0.2) is 0 Å². The molecule has 1 aromatic heterocycles. The summed E-state index contributed by atoms with van der Waals surface area (Å²) in [5.74, 6) is 3.02. The van der Waals surface area contributed by atoms with Crippen LogP contribution in [0.3, 0.4) is 0 Å². The van der Waals surface area contributed by atoms with Crippen LogP contribution in [0.15, 0.2) is 54.6 Å². The predicted molar refractivity (Wildman–Crippen MR) is 97.1 cm³/mol. The van der Waals surface area contributed by atoms with Crippen molar-refractivity contribution < 1.29 is 9.53 Å². The van der Waals surface area contributed by atoms with Crippen LogP contribution in [0.5, 0.6) is 11.5 Å². The molecule has 0 bridgehead atoms. The van der Waals surface area contributed by atoms with Crippen molar-refractivity contribution in [2.75, 3.05) is 6.54 Å². The van der Waals surface area contributed by atoms with E-state index in [1.807, 2.05) is 48.5 Å². The Morgan fingerprint density at radius 1 is 1.04 bits per heavy atom. The first-order valence-electron chi connectivity index (χ1n) is 8.78. The maximum Gasteiger partial charge on any atom is 0.258 e. The maximum absolute atomic E-state index is 13.1. The Kier molecular flexibility index (Phi) is 4.39. The van der Waals surface area contributed by atoms with E-state index in [2.05, 4.69) is 21.7 Å². The molecule has 4 rings (SSSR count). The molecule has 2 aromatic carbocycles. The van der Waals surface area contributed by atoms with Crippen molar-refractivity contribution in [3.05, 3.63) is 71.8 Å². The third-order valence-electron chi connectivity index (χ3n) is 4.52. The van der Waals surface area contributed by atoms with Gasteiger partial charge in [0.05, 0.1) is 12.1 Å². The van der Waals surface area contributed by atoms with Crippen LogP contribution in [0.4, 0.5) is 0 Å². The monoisotopic (exact) mass is 348 g/mol. The second-order valence-electron chi connectivity index (χ2n) is 6.18. The van der Waals surface area contributed by atoms with Gasteiger partial charge in [-0.15, -0.1) is 10.2 Å². The Hall–Kier alpha value is -3.15. The lowest BCUT2D eigenvalue weighted by Crippen LogP contribution is -2.38. The van der Waals surface area contributed by atoms with E-state index in [4.69, 9.17) is 4.74 Å². The second-order valence-corrected chi connectivity index (χ2v) is 6.18. The van der Waals surface area contributed by atoms with Gasteiger partial charge in [0.2, 0.25) is 0 Å². The number of hydrogen-bond acceptors (Lipinski definition) is 4. The summed E-state index contributed by atoms with van der Waals surface area (Å²) >= 11 is 0. The Labute approximate surface area is 152 Å². The van der Waals surface area contributed by atoms with Gasteiger partial charge in [-0.1, -0.05) is 37.3 Å². The van der Waals surface area contributed by atoms with Crippen molar-refractivity contribution in [2.24, 2.45) is 0 Å². The van der Waals surface area contributed by atoms with E-state index in [1.165, 1.54) is 0 Å². The number of carbonyl (C=O) groups excluding carboxylic acids is 1. The number of amides is 1. The summed E-state index contributed by atoms with van der Waals surface area (Å²) in [5, 5.41) is 8.44. The molecule has 132 valence electrons. The van der Waals surface area contributed by atoms with Gasteiger partial charge in [-0.2, -0.15) is 0 Å². The summed E-state index contributed by atoms with van der Waals surface area (Å²) in [6.45, 7) is 3.88. The number of para-hydroxylation sites is 2. The number of ether oxygens (including phenoxy) is 1. The molecule has 0 spiro atoms. The molecule has 1 aliphatic heterocycles. The first-order valence-corrected chi connectivity index (χ1v) is 8.78. The first-order chi connectivity index (χ1) is 12.8. The van der Waals surface area contributed by atoms with Crippen LogP contribution in [0.1, 0.15) is 28.9 Å². The van der Waals surface area contributed by atoms with Crippen LogP contribution in [0.2, 0.25) is 0 Å². The lowest BCUT2D eigenvalue weighted by Gasteiger charge is -2.28. The molecule has 2 heterocycles. The molecule has 0 fully saturated rings. The number of fused-ring (bicyclic) bond motifs is 1. The van der Waals surface area contributed by atoms with E-state index in [-0.39, 0.29) is 5.91 Å². The third kappa shape index (κ3) is 3.06. The summed E-state index contributed by atoms with van der Waals surface area (Å²) in [6.07, 6.45) is 0.842. The normalized spacial score (nSPS) is 13.3. The Morgan fingerprint density at radius 2 is 1.81 bits per heavy atom. The molecular formula is C20H20N4O2. The van der Waals surface area contributed by atoms with Gasteiger partial charge < -0.3 is 14.2 Å². The second kappa shape index (κ2) is 7.00. The van der Waals surface area contributed by atoms with E-state index in [9.17, 15) is 4.79 Å². The Bertz CT molecular complexity index is 921. The summed E-state index contributed by atoms with van der Waals surface area (Å²) in [6, 6.07) is 16.8. The lowest BCUT2D eigenvalue weighted by molar-refractivity contribution is 0.0704. The fourth-order valence-electron chi connectivity index (χ4n) is 3.17. The van der Waals surface area contributed by atoms with Crippen LogP contribution in [0.25, 0.3) is 0 Å². The van der Waals surface area contributed by atoms with Crippen LogP contribution in [-0.4, -0.2) is 32.1 Å². The molecule has 0 unspecified atom stereocenters. The molecule has 0 aliphatic carbocycles. The quantitative estimate of drug-likeness (QED) is 0.726. The van der Waals surface area contributed by atoms with E-state index in [1.54, 1.807) is 11.0 Å². The fraction of sp³-hybridized carbons (Fsp3) is 0.250. The largest absolute Gasteiger partial charge is 0.457 e. The van der Waals surface area contributed by atoms with Gasteiger partial charge in [0.1, 0.15) is 17.3 Å². The molecule has 0 atom stereocenters. The van der Waals surface area contributed by atoms with Gasteiger partial charge in [-0.3, -0.25) is 4.79 Å². The standard InChI is InChI=1S/C20H20N4O2/c1-2-18-21-22-19-14-23(12-13-24(18)19)20(25)16-10-6-7-11-17(16)26-15-8-4-3-5-9-15/h3-11H,2,12-14H2,1H3. The first kappa shape index (κ1) is 16.3. The molecular weight excluding hydrogens is 328 g/mol. The maximum atomic E-state index is 13.1. The summed E-state index contributed by atoms with van der Waals surface area (Å²) in [5.41, 5.74) is 0.556. The molecule has 1 amide bonds. The van der Waals surface area contributed by atoms with Crippen molar-refractivity contribution in [3.63, 3.8) is 0 Å². The highest BCUT2D eigenvalue weighted by Crippen LogP contribution is 2.27. The molecule has 6 nitrogen and oxygen atoms in total. The van der Waals surface area contributed by atoms with E-state index < -0.39 is 0 Å². The highest BCUT2D eigenvalue weighted by molar-refractivity contribution is 5.97. The SMILES string of the molecule is CCc1nnc2n1CCN(C(=O)c1ccccc1Oc1ccccc1)C2. The fourth-order valence-corrected chi connectivity index (χ4v) is 3.17. The van der Waals surface area contributed by atoms with Gasteiger partial charge in [0, 0.05) is 19.5 Å².